The molecule has 0 fully saturated rings. The van der Waals surface area contributed by atoms with E-state index in [9.17, 15) is 14.0 Å². The zero-order valence-electron chi connectivity index (χ0n) is 16.6. The molecule has 0 atom stereocenters. The van der Waals surface area contributed by atoms with Gasteiger partial charge in [-0.3, -0.25) is 9.97 Å². The average Bonchev–Trinajstić information content (AvgIpc) is 2.79. The molecule has 0 saturated carbocycles. The number of carbonyl (C=O) groups is 1. The molecule has 0 aliphatic rings. The van der Waals surface area contributed by atoms with Gasteiger partial charge in [-0.2, -0.15) is 0 Å². The summed E-state index contributed by atoms with van der Waals surface area (Å²) in [6.45, 7) is 0. The van der Waals surface area contributed by atoms with E-state index < -0.39 is 17.4 Å². The van der Waals surface area contributed by atoms with Crippen LogP contribution in [-0.2, 0) is 0 Å². The quantitative estimate of drug-likeness (QED) is 0.236. The summed E-state index contributed by atoms with van der Waals surface area (Å²) in [5, 5.41) is 12.0. The van der Waals surface area contributed by atoms with Gasteiger partial charge in [0.15, 0.2) is 0 Å². The fraction of sp³-hybridized carbons (Fsp3) is 0. The van der Waals surface area contributed by atoms with Crippen LogP contribution in [0.25, 0.3) is 32.9 Å². The Bertz CT molecular complexity index is 1570. The maximum atomic E-state index is 13.7. The molecule has 6 nitrogen and oxygen atoms in total. The normalized spacial score (nSPS) is 10.6. The molecule has 0 bridgehead atoms. The van der Waals surface area contributed by atoms with Crippen molar-refractivity contribution in [2.45, 2.75) is 0 Å². The Hall–Kier alpha value is -3.81. The minimum atomic E-state index is -1.15. The lowest BCUT2D eigenvalue weighted by atomic mass is 10.0. The van der Waals surface area contributed by atoms with Gasteiger partial charge < -0.3 is 9.52 Å². The fourth-order valence-electron chi connectivity index (χ4n) is 3.26. The highest BCUT2D eigenvalue weighted by atomic mass is 35.5. The summed E-state index contributed by atoms with van der Waals surface area (Å²) in [6.07, 6.45) is 5.76. The van der Waals surface area contributed by atoms with Crippen molar-refractivity contribution in [2.24, 2.45) is 0 Å². The zero-order valence-corrected chi connectivity index (χ0v) is 18.1. The van der Waals surface area contributed by atoms with Crippen molar-refractivity contribution in [1.29, 1.82) is 0 Å². The van der Waals surface area contributed by atoms with Crippen molar-refractivity contribution in [2.75, 3.05) is 0 Å². The van der Waals surface area contributed by atoms with E-state index in [0.29, 0.717) is 16.0 Å². The number of aromatic carboxylic acids is 1. The lowest BCUT2D eigenvalue weighted by molar-refractivity contribution is 0.0697. The summed E-state index contributed by atoms with van der Waals surface area (Å²) in [7, 11) is 0. The van der Waals surface area contributed by atoms with Crippen molar-refractivity contribution in [1.82, 2.24) is 9.97 Å². The predicted octanol–water partition coefficient (Wildman–Crippen LogP) is 6.23. The lowest BCUT2D eigenvalue weighted by Crippen LogP contribution is -2.01. The Labute approximate surface area is 195 Å². The van der Waals surface area contributed by atoms with Crippen LogP contribution in [0.3, 0.4) is 0 Å². The lowest BCUT2D eigenvalue weighted by Gasteiger charge is -2.06. The Morgan fingerprint density at radius 1 is 0.848 bits per heavy atom. The molecule has 0 saturated heterocycles. The van der Waals surface area contributed by atoms with Crippen LogP contribution in [0.5, 0.6) is 0 Å². The molecule has 0 aliphatic heterocycles. The minimum absolute atomic E-state index is 0.0475. The minimum Gasteiger partial charge on any atom is -0.478 e. The highest BCUT2D eigenvalue weighted by Crippen LogP contribution is 2.28. The van der Waals surface area contributed by atoms with Gasteiger partial charge in [-0.1, -0.05) is 23.2 Å². The third-order valence-electron chi connectivity index (χ3n) is 4.75. The Morgan fingerprint density at radius 3 is 2.30 bits per heavy atom. The summed E-state index contributed by atoms with van der Waals surface area (Å²) in [5.74, 6) is -1.71. The number of rotatable bonds is 2. The highest BCUT2D eigenvalue weighted by Gasteiger charge is 2.14. The van der Waals surface area contributed by atoms with Crippen LogP contribution in [0.4, 0.5) is 4.39 Å². The number of aromatic nitrogens is 2. The number of fused-ring (bicyclic) bond motifs is 3. The second-order valence-electron chi connectivity index (χ2n) is 6.80. The topological polar surface area (TPSA) is 93.3 Å². The number of hydrogen-bond acceptors (Lipinski definition) is 5. The standard InChI is InChI=1S/C12H7ClFNO2.C12H6ClNO2/c13-7-1-2-9(11(14)5-7)8-3-4-15-6-10(8)12(16)17;13-7-1-2-9-8-3-4-14-6-10(8)12(15)16-11(9)5-7/h1-6H,(H,16,17);1-6H. The number of carboxylic acids is 1. The van der Waals surface area contributed by atoms with Crippen LogP contribution in [0.1, 0.15) is 10.4 Å². The maximum Gasteiger partial charge on any atom is 0.345 e. The number of halogens is 3. The van der Waals surface area contributed by atoms with E-state index in [1.165, 1.54) is 36.8 Å². The predicted molar refractivity (Wildman–Crippen MR) is 124 cm³/mol. The first-order valence-electron chi connectivity index (χ1n) is 9.44. The van der Waals surface area contributed by atoms with Gasteiger partial charge in [0.2, 0.25) is 0 Å². The fourth-order valence-corrected chi connectivity index (χ4v) is 3.58. The van der Waals surface area contributed by atoms with Gasteiger partial charge in [0, 0.05) is 62.8 Å². The van der Waals surface area contributed by atoms with E-state index in [1.54, 1.807) is 24.4 Å². The number of benzene rings is 2. The first-order valence-corrected chi connectivity index (χ1v) is 10.2. The van der Waals surface area contributed by atoms with Crippen LogP contribution < -0.4 is 5.63 Å². The van der Waals surface area contributed by atoms with Gasteiger partial charge in [0.25, 0.3) is 0 Å². The first kappa shape index (κ1) is 22.4. The van der Waals surface area contributed by atoms with Gasteiger partial charge in [-0.25, -0.2) is 14.0 Å². The number of carboxylic acid groups (broad SMARTS) is 1. The molecule has 0 aliphatic carbocycles. The molecule has 5 rings (SSSR count). The largest absolute Gasteiger partial charge is 0.478 e. The third kappa shape index (κ3) is 4.69. The van der Waals surface area contributed by atoms with E-state index in [1.807, 2.05) is 6.07 Å². The summed E-state index contributed by atoms with van der Waals surface area (Å²) in [6, 6.07) is 12.6. The monoisotopic (exact) mass is 482 g/mol. The van der Waals surface area contributed by atoms with Gasteiger partial charge in [-0.05, 0) is 42.5 Å². The summed E-state index contributed by atoms with van der Waals surface area (Å²) < 4.78 is 18.9. The number of hydrogen-bond donors (Lipinski definition) is 1. The van der Waals surface area contributed by atoms with Crippen molar-refractivity contribution < 1.29 is 18.7 Å². The number of nitrogens with zero attached hydrogens (tertiary/aromatic N) is 2. The van der Waals surface area contributed by atoms with Crippen LogP contribution in [0.15, 0.2) is 82.5 Å². The zero-order chi connectivity index (χ0) is 23.5. The summed E-state index contributed by atoms with van der Waals surface area (Å²) in [4.78, 5) is 30.3. The average molecular weight is 483 g/mol. The molecule has 0 spiro atoms. The van der Waals surface area contributed by atoms with Crippen molar-refractivity contribution in [3.05, 3.63) is 105 Å². The van der Waals surface area contributed by atoms with Gasteiger partial charge in [0.1, 0.15) is 11.4 Å². The summed E-state index contributed by atoms with van der Waals surface area (Å²) in [5.41, 5.74) is 0.527. The van der Waals surface area contributed by atoms with Crippen LogP contribution in [0, 0.1) is 5.82 Å². The second-order valence-corrected chi connectivity index (χ2v) is 7.67. The molecule has 0 radical (unpaired) electrons. The van der Waals surface area contributed by atoms with Crippen LogP contribution in [-0.4, -0.2) is 21.0 Å². The van der Waals surface area contributed by atoms with E-state index in [4.69, 9.17) is 32.7 Å². The molecule has 164 valence electrons. The van der Waals surface area contributed by atoms with Crippen molar-refractivity contribution >= 4 is 50.9 Å². The maximum absolute atomic E-state index is 13.7. The molecule has 33 heavy (non-hydrogen) atoms. The third-order valence-corrected chi connectivity index (χ3v) is 5.22. The molecule has 9 heteroatoms. The van der Waals surface area contributed by atoms with E-state index >= 15 is 0 Å². The van der Waals surface area contributed by atoms with Crippen LogP contribution >= 0.6 is 23.2 Å². The molecule has 1 N–H and O–H groups in total. The van der Waals surface area contributed by atoms with Gasteiger partial charge in [0.05, 0.1) is 10.9 Å². The van der Waals surface area contributed by atoms with E-state index in [2.05, 4.69) is 9.97 Å². The van der Waals surface area contributed by atoms with Crippen molar-refractivity contribution in [3.63, 3.8) is 0 Å². The van der Waals surface area contributed by atoms with Crippen LogP contribution in [0.2, 0.25) is 10.0 Å². The molecule has 3 heterocycles. The van der Waals surface area contributed by atoms with Gasteiger partial charge >= 0.3 is 11.6 Å². The smallest absolute Gasteiger partial charge is 0.345 e. The Balaban J connectivity index is 0.000000157. The molecular weight excluding hydrogens is 470 g/mol. The molecule has 0 unspecified atom stereocenters. The molecular formula is C24H13Cl2FN2O4. The molecule has 2 aromatic carbocycles. The SMILES string of the molecule is O=C(O)c1cnccc1-c1ccc(Cl)cc1F.O=c1oc2cc(Cl)ccc2c2ccncc12. The van der Waals surface area contributed by atoms with E-state index in [-0.39, 0.29) is 21.7 Å². The Morgan fingerprint density at radius 2 is 1.55 bits per heavy atom. The summed E-state index contributed by atoms with van der Waals surface area (Å²) >= 11 is 11.5. The highest BCUT2D eigenvalue weighted by molar-refractivity contribution is 6.31. The first-order chi connectivity index (χ1) is 15.8. The molecule has 0 amide bonds. The van der Waals surface area contributed by atoms with Crippen molar-refractivity contribution in [3.8, 4) is 11.1 Å². The molecule has 3 aromatic heterocycles. The van der Waals surface area contributed by atoms with Gasteiger partial charge in [-0.15, -0.1) is 0 Å². The molecule has 5 aromatic rings. The second kappa shape index (κ2) is 9.36. The number of pyridine rings is 2. The van der Waals surface area contributed by atoms with E-state index in [0.717, 1.165) is 16.8 Å². The Kier molecular flexibility index (Phi) is 6.35.